The lowest BCUT2D eigenvalue weighted by Crippen LogP contribution is -2.51. The molecule has 0 saturated heterocycles. The standard InChI is InChI=1S/C27H28N2O2/c1-2-18-28-27(31)25(19-22-12-6-3-7-13-22)29(21-24-16-10-5-11-17-24)26(30)20-23-14-8-4-9-15-23/h2-17,25H,1,18-21H2,(H,28,31)/t25-/m1/s1. The quantitative estimate of drug-likeness (QED) is 0.508. The molecule has 1 atom stereocenters. The molecule has 0 fully saturated rings. The van der Waals surface area contributed by atoms with E-state index in [9.17, 15) is 9.59 Å². The highest BCUT2D eigenvalue weighted by Crippen LogP contribution is 2.16. The van der Waals surface area contributed by atoms with Crippen molar-refractivity contribution in [1.29, 1.82) is 0 Å². The Hall–Kier alpha value is -3.66. The van der Waals surface area contributed by atoms with E-state index in [2.05, 4.69) is 11.9 Å². The van der Waals surface area contributed by atoms with Gasteiger partial charge in [0, 0.05) is 19.5 Å². The van der Waals surface area contributed by atoms with Crippen LogP contribution >= 0.6 is 0 Å². The van der Waals surface area contributed by atoms with Crippen molar-refractivity contribution in [2.24, 2.45) is 0 Å². The van der Waals surface area contributed by atoms with Gasteiger partial charge in [0.15, 0.2) is 0 Å². The van der Waals surface area contributed by atoms with Gasteiger partial charge in [0.25, 0.3) is 0 Å². The van der Waals surface area contributed by atoms with E-state index >= 15 is 0 Å². The third-order valence-corrected chi connectivity index (χ3v) is 5.09. The van der Waals surface area contributed by atoms with Gasteiger partial charge in [-0.2, -0.15) is 0 Å². The van der Waals surface area contributed by atoms with Crippen LogP contribution in [0.4, 0.5) is 0 Å². The van der Waals surface area contributed by atoms with E-state index in [1.807, 2.05) is 91.0 Å². The van der Waals surface area contributed by atoms with Gasteiger partial charge in [0.1, 0.15) is 6.04 Å². The van der Waals surface area contributed by atoms with Gasteiger partial charge < -0.3 is 10.2 Å². The molecule has 0 spiro atoms. The summed E-state index contributed by atoms with van der Waals surface area (Å²) in [5, 5.41) is 2.89. The van der Waals surface area contributed by atoms with Crippen LogP contribution in [0.1, 0.15) is 16.7 Å². The number of hydrogen-bond acceptors (Lipinski definition) is 2. The van der Waals surface area contributed by atoms with Crippen molar-refractivity contribution in [3.63, 3.8) is 0 Å². The Morgan fingerprint density at radius 2 is 1.32 bits per heavy atom. The summed E-state index contributed by atoms with van der Waals surface area (Å²) in [7, 11) is 0. The molecule has 0 saturated carbocycles. The first-order chi connectivity index (χ1) is 15.2. The number of nitrogens with one attached hydrogen (secondary N) is 1. The topological polar surface area (TPSA) is 49.4 Å². The van der Waals surface area contributed by atoms with Crippen molar-refractivity contribution in [3.05, 3.63) is 120 Å². The van der Waals surface area contributed by atoms with Crippen LogP contribution in [0.3, 0.4) is 0 Å². The molecule has 3 aromatic carbocycles. The highest BCUT2D eigenvalue weighted by molar-refractivity contribution is 5.88. The van der Waals surface area contributed by atoms with Gasteiger partial charge in [-0.1, -0.05) is 97.1 Å². The normalized spacial score (nSPS) is 11.4. The Labute approximate surface area is 184 Å². The fraction of sp³-hybridized carbons (Fsp3) is 0.185. The zero-order valence-corrected chi connectivity index (χ0v) is 17.6. The SMILES string of the molecule is C=CCNC(=O)[C@@H](Cc1ccccc1)N(Cc1ccccc1)C(=O)Cc1ccccc1. The van der Waals surface area contributed by atoms with Crippen LogP contribution in [-0.2, 0) is 29.0 Å². The second kappa shape index (κ2) is 11.5. The lowest BCUT2D eigenvalue weighted by atomic mass is 10.0. The molecule has 0 aliphatic carbocycles. The predicted molar refractivity (Wildman–Crippen MR) is 124 cm³/mol. The molecule has 3 aromatic rings. The molecule has 1 N–H and O–H groups in total. The van der Waals surface area contributed by atoms with Crippen LogP contribution in [0, 0.1) is 0 Å². The van der Waals surface area contributed by atoms with Crippen molar-refractivity contribution in [3.8, 4) is 0 Å². The van der Waals surface area contributed by atoms with Gasteiger partial charge in [-0.3, -0.25) is 9.59 Å². The highest BCUT2D eigenvalue weighted by Gasteiger charge is 2.30. The molecule has 0 aromatic heterocycles. The molecule has 0 radical (unpaired) electrons. The van der Waals surface area contributed by atoms with Crippen LogP contribution in [0.5, 0.6) is 0 Å². The van der Waals surface area contributed by atoms with E-state index < -0.39 is 6.04 Å². The smallest absolute Gasteiger partial charge is 0.243 e. The second-order valence-electron chi connectivity index (χ2n) is 7.41. The van der Waals surface area contributed by atoms with Gasteiger partial charge >= 0.3 is 0 Å². The van der Waals surface area contributed by atoms with Gasteiger partial charge in [0.2, 0.25) is 11.8 Å². The Bertz CT molecular complexity index is 972. The Balaban J connectivity index is 1.92. The van der Waals surface area contributed by atoms with E-state index in [0.29, 0.717) is 19.5 Å². The first kappa shape index (κ1) is 22.0. The largest absolute Gasteiger partial charge is 0.351 e. The minimum atomic E-state index is -0.626. The fourth-order valence-electron chi connectivity index (χ4n) is 3.50. The predicted octanol–water partition coefficient (Wildman–Crippen LogP) is 4.17. The van der Waals surface area contributed by atoms with Gasteiger partial charge in [0.05, 0.1) is 6.42 Å². The minimum Gasteiger partial charge on any atom is -0.351 e. The summed E-state index contributed by atoms with van der Waals surface area (Å²) in [4.78, 5) is 28.3. The number of nitrogens with zero attached hydrogens (tertiary/aromatic N) is 1. The second-order valence-corrected chi connectivity index (χ2v) is 7.41. The fourth-order valence-corrected chi connectivity index (χ4v) is 3.50. The van der Waals surface area contributed by atoms with Crippen LogP contribution in [-0.4, -0.2) is 29.3 Å². The minimum absolute atomic E-state index is 0.0789. The average Bonchev–Trinajstić information content (AvgIpc) is 2.81. The van der Waals surface area contributed by atoms with Crippen molar-refractivity contribution < 1.29 is 9.59 Å². The van der Waals surface area contributed by atoms with E-state index in [-0.39, 0.29) is 18.2 Å². The van der Waals surface area contributed by atoms with Crippen molar-refractivity contribution in [2.45, 2.75) is 25.4 Å². The molecule has 3 rings (SSSR count). The highest BCUT2D eigenvalue weighted by atomic mass is 16.2. The monoisotopic (exact) mass is 412 g/mol. The van der Waals surface area contributed by atoms with Crippen LogP contribution in [0.25, 0.3) is 0 Å². The molecular weight excluding hydrogens is 384 g/mol. The molecular formula is C27H28N2O2. The Morgan fingerprint density at radius 3 is 1.87 bits per heavy atom. The number of rotatable bonds is 10. The summed E-state index contributed by atoms with van der Waals surface area (Å²) >= 11 is 0. The molecule has 31 heavy (non-hydrogen) atoms. The maximum atomic E-state index is 13.5. The Kier molecular flexibility index (Phi) is 8.18. The molecule has 0 aliphatic rings. The molecule has 0 bridgehead atoms. The molecule has 158 valence electrons. The molecule has 0 unspecified atom stereocenters. The molecule has 4 nitrogen and oxygen atoms in total. The van der Waals surface area contributed by atoms with Gasteiger partial charge in [-0.05, 0) is 16.7 Å². The van der Waals surface area contributed by atoms with E-state index in [4.69, 9.17) is 0 Å². The number of carbonyl (C=O) groups excluding carboxylic acids is 2. The summed E-state index contributed by atoms with van der Waals surface area (Å²) in [6.07, 6.45) is 2.33. The van der Waals surface area contributed by atoms with Crippen LogP contribution in [0.2, 0.25) is 0 Å². The van der Waals surface area contributed by atoms with Crippen molar-refractivity contribution in [1.82, 2.24) is 10.2 Å². The summed E-state index contributed by atoms with van der Waals surface area (Å²) in [6.45, 7) is 4.41. The van der Waals surface area contributed by atoms with Crippen LogP contribution < -0.4 is 5.32 Å². The number of amides is 2. The first-order valence-electron chi connectivity index (χ1n) is 10.5. The molecule has 0 heterocycles. The zero-order chi connectivity index (χ0) is 21.9. The summed E-state index contributed by atoms with van der Waals surface area (Å²) in [6, 6.07) is 28.6. The van der Waals surface area contributed by atoms with Gasteiger partial charge in [-0.25, -0.2) is 0 Å². The average molecular weight is 413 g/mol. The molecule has 0 aliphatic heterocycles. The maximum Gasteiger partial charge on any atom is 0.243 e. The van der Waals surface area contributed by atoms with Crippen molar-refractivity contribution >= 4 is 11.8 Å². The molecule has 2 amide bonds. The maximum absolute atomic E-state index is 13.5. The summed E-state index contributed by atoms with van der Waals surface area (Å²) < 4.78 is 0. The first-order valence-corrected chi connectivity index (χ1v) is 10.5. The lowest BCUT2D eigenvalue weighted by Gasteiger charge is -2.31. The summed E-state index contributed by atoms with van der Waals surface area (Å²) in [5.74, 6) is -0.258. The molecule has 4 heteroatoms. The van der Waals surface area contributed by atoms with Gasteiger partial charge in [-0.15, -0.1) is 6.58 Å². The lowest BCUT2D eigenvalue weighted by molar-refractivity contribution is -0.140. The number of hydrogen-bond donors (Lipinski definition) is 1. The third kappa shape index (κ3) is 6.68. The van der Waals surface area contributed by atoms with E-state index in [1.54, 1.807) is 11.0 Å². The third-order valence-electron chi connectivity index (χ3n) is 5.09. The number of carbonyl (C=O) groups is 2. The zero-order valence-electron chi connectivity index (χ0n) is 17.6. The van der Waals surface area contributed by atoms with E-state index in [1.165, 1.54) is 0 Å². The Morgan fingerprint density at radius 1 is 0.806 bits per heavy atom. The van der Waals surface area contributed by atoms with Crippen molar-refractivity contribution in [2.75, 3.05) is 6.54 Å². The summed E-state index contributed by atoms with van der Waals surface area (Å²) in [5.41, 5.74) is 2.92. The number of benzene rings is 3. The van der Waals surface area contributed by atoms with Crippen LogP contribution in [0.15, 0.2) is 104 Å². The van der Waals surface area contributed by atoms with E-state index in [0.717, 1.165) is 16.7 Å².